The van der Waals surface area contributed by atoms with Crippen LogP contribution in [-0.4, -0.2) is 52.8 Å². The lowest BCUT2D eigenvalue weighted by atomic mass is 10.2. The molecular weight excluding hydrogens is 303 g/mol. The number of halogens is 3. The van der Waals surface area contributed by atoms with Gasteiger partial charge in [0.25, 0.3) is 0 Å². The summed E-state index contributed by atoms with van der Waals surface area (Å²) in [7, 11) is 0. The number of nitrogens with zero attached hydrogens (tertiary/aromatic N) is 2. The Morgan fingerprint density at radius 3 is 2.86 bits per heavy atom. The van der Waals surface area contributed by atoms with Crippen LogP contribution in [0.15, 0.2) is 12.3 Å². The minimum absolute atomic E-state index is 0.154. The average molecular weight is 319 g/mol. The lowest BCUT2D eigenvalue weighted by Crippen LogP contribution is -2.42. The molecule has 4 N–H and O–H groups in total. The Kier molecular flexibility index (Phi) is 5.14. The van der Waals surface area contributed by atoms with Gasteiger partial charge in [-0.3, -0.25) is 4.79 Å². The van der Waals surface area contributed by atoms with Crippen LogP contribution < -0.4 is 16.0 Å². The summed E-state index contributed by atoms with van der Waals surface area (Å²) in [5.74, 6) is -0.415. The molecule has 2 atom stereocenters. The minimum atomic E-state index is -4.53. The number of carbonyl (C=O) groups excluding carboxylic acids is 1. The first-order valence-corrected chi connectivity index (χ1v) is 6.69. The zero-order valence-electron chi connectivity index (χ0n) is 11.5. The van der Waals surface area contributed by atoms with Crippen molar-refractivity contribution < 1.29 is 23.1 Å². The number of aromatic nitrogens is 2. The van der Waals surface area contributed by atoms with Crippen molar-refractivity contribution in [2.75, 3.05) is 25.0 Å². The Morgan fingerprint density at radius 2 is 2.23 bits per heavy atom. The standard InChI is InChI=1S/C12H16F3N5O2/c13-12(14,15)9-1-2-17-11(20-9)18-4-3-16-10(22)8-5-7(21)6-19-8/h1-2,7-8,19,21H,3-6H2,(H,16,22)(H,17,18,20). The van der Waals surface area contributed by atoms with E-state index in [2.05, 4.69) is 25.9 Å². The number of anilines is 1. The van der Waals surface area contributed by atoms with Crippen LogP contribution in [0.2, 0.25) is 0 Å². The Labute approximate surface area is 124 Å². The molecule has 122 valence electrons. The lowest BCUT2D eigenvalue weighted by molar-refractivity contribution is -0.141. The molecule has 1 aliphatic heterocycles. The molecule has 0 aromatic carbocycles. The van der Waals surface area contributed by atoms with Crippen molar-refractivity contribution in [1.29, 1.82) is 0 Å². The van der Waals surface area contributed by atoms with Crippen molar-refractivity contribution in [2.24, 2.45) is 0 Å². The molecule has 0 aliphatic carbocycles. The Bertz CT molecular complexity index is 526. The van der Waals surface area contributed by atoms with Crippen LogP contribution >= 0.6 is 0 Å². The van der Waals surface area contributed by atoms with Crippen molar-refractivity contribution in [3.05, 3.63) is 18.0 Å². The first-order chi connectivity index (χ1) is 10.4. The maximum absolute atomic E-state index is 12.5. The SMILES string of the molecule is O=C(NCCNc1nccc(C(F)(F)F)n1)C1CC(O)CN1. The van der Waals surface area contributed by atoms with Crippen molar-refractivity contribution >= 4 is 11.9 Å². The second kappa shape index (κ2) is 6.88. The first-order valence-electron chi connectivity index (χ1n) is 6.69. The van der Waals surface area contributed by atoms with E-state index < -0.39 is 24.0 Å². The summed E-state index contributed by atoms with van der Waals surface area (Å²) in [6, 6.07) is 0.337. The number of hydrogen-bond acceptors (Lipinski definition) is 6. The zero-order chi connectivity index (χ0) is 16.2. The van der Waals surface area contributed by atoms with Crippen LogP contribution in [0.1, 0.15) is 12.1 Å². The molecule has 0 radical (unpaired) electrons. The fourth-order valence-corrected chi connectivity index (χ4v) is 2.00. The van der Waals surface area contributed by atoms with Gasteiger partial charge in [-0.15, -0.1) is 0 Å². The first kappa shape index (κ1) is 16.4. The lowest BCUT2D eigenvalue weighted by Gasteiger charge is -2.12. The maximum atomic E-state index is 12.5. The topological polar surface area (TPSA) is 99.2 Å². The van der Waals surface area contributed by atoms with Crippen LogP contribution in [-0.2, 0) is 11.0 Å². The summed E-state index contributed by atoms with van der Waals surface area (Å²) >= 11 is 0. The molecule has 2 heterocycles. The molecule has 2 rings (SSSR count). The van der Waals surface area contributed by atoms with Gasteiger partial charge >= 0.3 is 6.18 Å². The Balaban J connectivity index is 1.74. The van der Waals surface area contributed by atoms with E-state index in [0.717, 1.165) is 12.3 Å². The molecule has 7 nitrogen and oxygen atoms in total. The molecule has 1 aromatic rings. The maximum Gasteiger partial charge on any atom is 0.433 e. The van der Waals surface area contributed by atoms with Crippen LogP contribution in [0.25, 0.3) is 0 Å². The van der Waals surface area contributed by atoms with Gasteiger partial charge in [0.05, 0.1) is 12.1 Å². The Morgan fingerprint density at radius 1 is 1.45 bits per heavy atom. The molecular formula is C12H16F3N5O2. The van der Waals surface area contributed by atoms with E-state index in [1.807, 2.05) is 0 Å². The van der Waals surface area contributed by atoms with Gasteiger partial charge in [0.15, 0.2) is 0 Å². The van der Waals surface area contributed by atoms with Crippen molar-refractivity contribution in [1.82, 2.24) is 20.6 Å². The summed E-state index contributed by atoms with van der Waals surface area (Å²) in [4.78, 5) is 18.7. The smallest absolute Gasteiger partial charge is 0.392 e. The van der Waals surface area contributed by atoms with Crippen LogP contribution in [0.4, 0.5) is 19.1 Å². The molecule has 1 fully saturated rings. The summed E-state index contributed by atoms with van der Waals surface area (Å²) in [5, 5.41) is 17.4. The van der Waals surface area contributed by atoms with E-state index in [9.17, 15) is 23.1 Å². The third-order valence-electron chi connectivity index (χ3n) is 3.08. The monoisotopic (exact) mass is 319 g/mol. The highest BCUT2D eigenvalue weighted by atomic mass is 19.4. The van der Waals surface area contributed by atoms with Gasteiger partial charge in [0, 0.05) is 25.8 Å². The quantitative estimate of drug-likeness (QED) is 0.559. The van der Waals surface area contributed by atoms with Gasteiger partial charge in [-0.25, -0.2) is 9.97 Å². The predicted molar refractivity (Wildman–Crippen MR) is 70.9 cm³/mol. The summed E-state index contributed by atoms with van der Waals surface area (Å²) in [6.07, 6.45) is -3.70. The summed E-state index contributed by atoms with van der Waals surface area (Å²) < 4.78 is 37.4. The average Bonchev–Trinajstić information content (AvgIpc) is 2.89. The van der Waals surface area contributed by atoms with E-state index in [-0.39, 0.29) is 24.9 Å². The summed E-state index contributed by atoms with van der Waals surface area (Å²) in [5.41, 5.74) is -1.03. The van der Waals surface area contributed by atoms with E-state index >= 15 is 0 Å². The number of aliphatic hydroxyl groups excluding tert-OH is 1. The molecule has 2 unspecified atom stereocenters. The van der Waals surface area contributed by atoms with Gasteiger partial charge in [-0.05, 0) is 12.5 Å². The largest absolute Gasteiger partial charge is 0.433 e. The fraction of sp³-hybridized carbons (Fsp3) is 0.583. The fourth-order valence-electron chi connectivity index (χ4n) is 2.00. The van der Waals surface area contributed by atoms with Crippen LogP contribution in [0.3, 0.4) is 0 Å². The van der Waals surface area contributed by atoms with Crippen molar-refractivity contribution in [3.63, 3.8) is 0 Å². The second-order valence-corrected chi connectivity index (χ2v) is 4.83. The molecule has 1 saturated heterocycles. The molecule has 0 spiro atoms. The van der Waals surface area contributed by atoms with Crippen LogP contribution in [0.5, 0.6) is 0 Å². The normalized spacial score (nSPS) is 21.6. The van der Waals surface area contributed by atoms with E-state index in [1.54, 1.807) is 0 Å². The number of aliphatic hydroxyl groups is 1. The molecule has 10 heteroatoms. The molecule has 0 saturated carbocycles. The third-order valence-corrected chi connectivity index (χ3v) is 3.08. The van der Waals surface area contributed by atoms with E-state index in [1.165, 1.54) is 0 Å². The predicted octanol–water partition coefficient (Wildman–Crippen LogP) is -0.254. The van der Waals surface area contributed by atoms with Gasteiger partial charge in [-0.2, -0.15) is 13.2 Å². The second-order valence-electron chi connectivity index (χ2n) is 4.83. The minimum Gasteiger partial charge on any atom is -0.392 e. The molecule has 22 heavy (non-hydrogen) atoms. The third kappa shape index (κ3) is 4.53. The molecule has 1 aliphatic rings. The van der Waals surface area contributed by atoms with Crippen molar-refractivity contribution in [3.8, 4) is 0 Å². The zero-order valence-corrected chi connectivity index (χ0v) is 11.5. The number of hydrogen-bond donors (Lipinski definition) is 4. The van der Waals surface area contributed by atoms with Crippen LogP contribution in [0, 0.1) is 0 Å². The number of amides is 1. The molecule has 1 aromatic heterocycles. The highest BCUT2D eigenvalue weighted by Crippen LogP contribution is 2.27. The van der Waals surface area contributed by atoms with Gasteiger partial charge in [-0.1, -0.05) is 0 Å². The van der Waals surface area contributed by atoms with E-state index in [4.69, 9.17) is 0 Å². The highest BCUT2D eigenvalue weighted by molar-refractivity contribution is 5.82. The molecule has 0 bridgehead atoms. The number of alkyl halides is 3. The number of β-amino-alcohol motifs (C(OH)–C–C–N with tert-alkyl or cyclic N) is 1. The highest BCUT2D eigenvalue weighted by Gasteiger charge is 2.32. The summed E-state index contributed by atoms with van der Waals surface area (Å²) in [6.45, 7) is 0.753. The number of rotatable bonds is 5. The van der Waals surface area contributed by atoms with E-state index in [0.29, 0.717) is 13.0 Å². The van der Waals surface area contributed by atoms with Gasteiger partial charge in [0.1, 0.15) is 5.69 Å². The number of nitrogens with one attached hydrogen (secondary N) is 3. The van der Waals surface area contributed by atoms with Gasteiger partial charge < -0.3 is 21.1 Å². The van der Waals surface area contributed by atoms with Gasteiger partial charge in [0.2, 0.25) is 11.9 Å². The Hall–Kier alpha value is -1.94. The molecule has 1 amide bonds. The number of carbonyl (C=O) groups is 1. The van der Waals surface area contributed by atoms with Crippen molar-refractivity contribution in [2.45, 2.75) is 24.7 Å².